The zero-order chi connectivity index (χ0) is 12.8. The molecule has 0 fully saturated rings. The highest BCUT2D eigenvalue weighted by Gasteiger charge is 2.20. The second kappa shape index (κ2) is 6.40. The number of benzene rings is 1. The van der Waals surface area contributed by atoms with Gasteiger partial charge >= 0.3 is 0 Å². The summed E-state index contributed by atoms with van der Waals surface area (Å²) in [5, 5.41) is 3.41. The molecule has 1 aromatic carbocycles. The predicted molar refractivity (Wildman–Crippen MR) is 75.2 cm³/mol. The van der Waals surface area contributed by atoms with Crippen molar-refractivity contribution in [2.24, 2.45) is 10.8 Å². The normalized spacial score (nSPS) is 19.2. The Hall–Kier alpha value is -1.55. The van der Waals surface area contributed by atoms with E-state index in [2.05, 4.69) is 46.9 Å². The fourth-order valence-corrected chi connectivity index (χ4v) is 2.43. The van der Waals surface area contributed by atoms with Crippen molar-refractivity contribution < 1.29 is 0 Å². The maximum absolute atomic E-state index is 5.51. The standard InChI is InChI=1S/C14H22N4/c1-2-10-16-14(18-15)17-13-9-5-7-11-6-3-4-8-12(11)13/h3-4,6,8,13H,2,5,7,9-10,15H2,1H3,(H2,16,17,18). The van der Waals surface area contributed by atoms with Gasteiger partial charge in [0.1, 0.15) is 0 Å². The van der Waals surface area contributed by atoms with Crippen molar-refractivity contribution in [3.05, 3.63) is 35.4 Å². The zero-order valence-corrected chi connectivity index (χ0v) is 10.9. The number of rotatable bonds is 3. The van der Waals surface area contributed by atoms with Gasteiger partial charge in [0.2, 0.25) is 5.96 Å². The molecule has 0 aromatic heterocycles. The number of guanidine groups is 1. The van der Waals surface area contributed by atoms with Crippen molar-refractivity contribution in [2.45, 2.75) is 38.6 Å². The first-order valence-electron chi connectivity index (χ1n) is 6.70. The van der Waals surface area contributed by atoms with Crippen LogP contribution in [0.5, 0.6) is 0 Å². The Morgan fingerprint density at radius 2 is 2.28 bits per heavy atom. The van der Waals surface area contributed by atoms with E-state index in [9.17, 15) is 0 Å². The Balaban J connectivity index is 2.10. The van der Waals surface area contributed by atoms with E-state index in [1.165, 1.54) is 24.0 Å². The SMILES string of the molecule is CCCN=C(NN)NC1CCCc2ccccc21. The molecule has 4 N–H and O–H groups in total. The molecule has 0 heterocycles. The van der Waals surface area contributed by atoms with Crippen LogP contribution in [0.3, 0.4) is 0 Å². The number of hydrazine groups is 1. The smallest absolute Gasteiger partial charge is 0.206 e. The van der Waals surface area contributed by atoms with Gasteiger partial charge in [-0.1, -0.05) is 31.2 Å². The Morgan fingerprint density at radius 1 is 1.44 bits per heavy atom. The molecule has 1 aliphatic carbocycles. The van der Waals surface area contributed by atoms with Crippen LogP contribution in [0.4, 0.5) is 0 Å². The van der Waals surface area contributed by atoms with Crippen LogP contribution < -0.4 is 16.6 Å². The van der Waals surface area contributed by atoms with Crippen molar-refractivity contribution in [3.63, 3.8) is 0 Å². The lowest BCUT2D eigenvalue weighted by Crippen LogP contribution is -2.44. The van der Waals surface area contributed by atoms with E-state index < -0.39 is 0 Å². The summed E-state index contributed by atoms with van der Waals surface area (Å²) in [4.78, 5) is 4.40. The lowest BCUT2D eigenvalue weighted by Gasteiger charge is -2.27. The molecule has 2 rings (SSSR count). The molecule has 0 bridgehead atoms. The van der Waals surface area contributed by atoms with E-state index in [1.54, 1.807) is 0 Å². The fourth-order valence-electron chi connectivity index (χ4n) is 2.43. The summed E-state index contributed by atoms with van der Waals surface area (Å²) in [6, 6.07) is 8.93. The second-order valence-corrected chi connectivity index (χ2v) is 4.66. The van der Waals surface area contributed by atoms with Gasteiger partial charge in [-0.2, -0.15) is 0 Å². The van der Waals surface area contributed by atoms with Crippen LogP contribution >= 0.6 is 0 Å². The number of aliphatic imine (C=N–C) groups is 1. The van der Waals surface area contributed by atoms with Gasteiger partial charge in [0.15, 0.2) is 0 Å². The number of hydrogen-bond acceptors (Lipinski definition) is 2. The molecule has 4 nitrogen and oxygen atoms in total. The quantitative estimate of drug-likeness (QED) is 0.330. The third kappa shape index (κ3) is 3.01. The highest BCUT2D eigenvalue weighted by atomic mass is 15.3. The number of aryl methyl sites for hydroxylation is 1. The molecule has 0 saturated carbocycles. The number of nitrogens with zero attached hydrogens (tertiary/aromatic N) is 1. The summed E-state index contributed by atoms with van der Waals surface area (Å²) in [5.74, 6) is 6.20. The Kier molecular flexibility index (Phi) is 4.59. The summed E-state index contributed by atoms with van der Waals surface area (Å²) in [5.41, 5.74) is 5.47. The first-order valence-corrected chi connectivity index (χ1v) is 6.70. The van der Waals surface area contributed by atoms with Crippen LogP contribution in [0.15, 0.2) is 29.3 Å². The third-order valence-corrected chi connectivity index (χ3v) is 3.31. The van der Waals surface area contributed by atoms with Crippen LogP contribution in [-0.4, -0.2) is 12.5 Å². The summed E-state index contributed by atoms with van der Waals surface area (Å²) in [6.07, 6.45) is 4.53. The van der Waals surface area contributed by atoms with Crippen molar-refractivity contribution in [3.8, 4) is 0 Å². The van der Waals surface area contributed by atoms with Crippen molar-refractivity contribution in [1.29, 1.82) is 0 Å². The summed E-state index contributed by atoms with van der Waals surface area (Å²) >= 11 is 0. The summed E-state index contributed by atoms with van der Waals surface area (Å²) < 4.78 is 0. The lowest BCUT2D eigenvalue weighted by atomic mass is 9.88. The molecule has 98 valence electrons. The first kappa shape index (κ1) is 12.9. The van der Waals surface area contributed by atoms with E-state index in [0.717, 1.165) is 19.4 Å². The Bertz CT molecular complexity index is 414. The molecule has 0 radical (unpaired) electrons. The molecular formula is C14H22N4. The van der Waals surface area contributed by atoms with Gasteiger partial charge in [0, 0.05) is 6.54 Å². The van der Waals surface area contributed by atoms with Gasteiger partial charge in [-0.25, -0.2) is 5.84 Å². The van der Waals surface area contributed by atoms with E-state index in [-0.39, 0.29) is 0 Å². The first-order chi connectivity index (χ1) is 8.85. The predicted octanol–water partition coefficient (Wildman–Crippen LogP) is 1.88. The third-order valence-electron chi connectivity index (χ3n) is 3.31. The molecule has 0 saturated heterocycles. The van der Waals surface area contributed by atoms with Gasteiger partial charge in [0.25, 0.3) is 0 Å². The molecule has 0 spiro atoms. The van der Waals surface area contributed by atoms with Crippen LogP contribution in [-0.2, 0) is 6.42 Å². The zero-order valence-electron chi connectivity index (χ0n) is 10.9. The van der Waals surface area contributed by atoms with Crippen molar-refractivity contribution >= 4 is 5.96 Å². The van der Waals surface area contributed by atoms with Crippen molar-refractivity contribution in [1.82, 2.24) is 10.7 Å². The Morgan fingerprint density at radius 3 is 3.06 bits per heavy atom. The van der Waals surface area contributed by atoms with Gasteiger partial charge < -0.3 is 5.32 Å². The van der Waals surface area contributed by atoms with Crippen LogP contribution in [0, 0.1) is 0 Å². The van der Waals surface area contributed by atoms with Gasteiger partial charge in [-0.15, -0.1) is 0 Å². The van der Waals surface area contributed by atoms with Gasteiger partial charge in [-0.3, -0.25) is 10.4 Å². The molecule has 1 aliphatic rings. The highest BCUT2D eigenvalue weighted by molar-refractivity contribution is 5.79. The van der Waals surface area contributed by atoms with Crippen molar-refractivity contribution in [2.75, 3.05) is 6.54 Å². The van der Waals surface area contributed by atoms with E-state index in [0.29, 0.717) is 12.0 Å². The number of hydrogen-bond donors (Lipinski definition) is 3. The van der Waals surface area contributed by atoms with Crippen LogP contribution in [0.1, 0.15) is 43.4 Å². The molecule has 1 aromatic rings. The Labute approximate surface area is 109 Å². The van der Waals surface area contributed by atoms with E-state index >= 15 is 0 Å². The average Bonchev–Trinajstić information content (AvgIpc) is 2.43. The largest absolute Gasteiger partial charge is 0.349 e. The lowest BCUT2D eigenvalue weighted by molar-refractivity contribution is 0.519. The second-order valence-electron chi connectivity index (χ2n) is 4.66. The molecule has 0 amide bonds. The summed E-state index contributed by atoms with van der Waals surface area (Å²) in [6.45, 7) is 2.90. The minimum atomic E-state index is 0.321. The van der Waals surface area contributed by atoms with Gasteiger partial charge in [-0.05, 0) is 36.8 Å². The van der Waals surface area contributed by atoms with E-state index in [1.807, 2.05) is 0 Å². The minimum absolute atomic E-state index is 0.321. The molecular weight excluding hydrogens is 224 g/mol. The molecule has 4 heteroatoms. The van der Waals surface area contributed by atoms with Gasteiger partial charge in [0.05, 0.1) is 6.04 Å². The molecule has 1 atom stereocenters. The fraction of sp³-hybridized carbons (Fsp3) is 0.500. The topological polar surface area (TPSA) is 62.4 Å². The number of nitrogens with one attached hydrogen (secondary N) is 2. The van der Waals surface area contributed by atoms with Crippen LogP contribution in [0.2, 0.25) is 0 Å². The molecule has 0 aliphatic heterocycles. The highest BCUT2D eigenvalue weighted by Crippen LogP contribution is 2.29. The maximum Gasteiger partial charge on any atom is 0.206 e. The molecule has 1 unspecified atom stereocenters. The van der Waals surface area contributed by atoms with Crippen LogP contribution in [0.25, 0.3) is 0 Å². The monoisotopic (exact) mass is 246 g/mol. The average molecular weight is 246 g/mol. The van der Waals surface area contributed by atoms with E-state index in [4.69, 9.17) is 5.84 Å². The molecule has 18 heavy (non-hydrogen) atoms. The minimum Gasteiger partial charge on any atom is -0.349 e. The maximum atomic E-state index is 5.51. The summed E-state index contributed by atoms with van der Waals surface area (Å²) in [7, 11) is 0. The number of fused-ring (bicyclic) bond motifs is 1. The number of nitrogens with two attached hydrogens (primary N) is 1.